The SMILES string of the molecule is COc1ccc2c(c1)O[C@@H](COCc1ccccc1)CC2=N[S@@](=O)C(C)(C)C. The Hall–Kier alpha value is -2.18. The molecule has 0 bridgehead atoms. The lowest BCUT2D eigenvalue weighted by atomic mass is 10.00. The van der Waals surface area contributed by atoms with E-state index in [9.17, 15) is 4.21 Å². The van der Waals surface area contributed by atoms with Crippen LogP contribution in [0.4, 0.5) is 0 Å². The van der Waals surface area contributed by atoms with E-state index in [4.69, 9.17) is 14.2 Å². The molecular formula is C22H27NO4S. The molecule has 2 atom stereocenters. The number of hydrogen-bond donors (Lipinski definition) is 0. The standard InChI is InChI=1S/C22H27NO4S/c1-22(2,3)28(24)23-20-12-18(15-26-14-16-8-6-5-7-9-16)27-21-13-17(25-4)10-11-19(20)21/h5-11,13,18H,12,14-15H2,1-4H3/t18-,28+/m1/s1. The van der Waals surface area contributed by atoms with Crippen molar-refractivity contribution in [3.05, 3.63) is 59.7 Å². The summed E-state index contributed by atoms with van der Waals surface area (Å²) in [6, 6.07) is 15.6. The molecule has 0 saturated carbocycles. The highest BCUT2D eigenvalue weighted by Crippen LogP contribution is 2.32. The van der Waals surface area contributed by atoms with Crippen LogP contribution in [-0.2, 0) is 22.3 Å². The molecule has 0 amide bonds. The number of hydrogen-bond acceptors (Lipinski definition) is 4. The minimum absolute atomic E-state index is 0.195. The fourth-order valence-corrected chi connectivity index (χ4v) is 3.46. The molecule has 6 heteroatoms. The van der Waals surface area contributed by atoms with Gasteiger partial charge >= 0.3 is 0 Å². The van der Waals surface area contributed by atoms with Crippen molar-refractivity contribution in [2.75, 3.05) is 13.7 Å². The van der Waals surface area contributed by atoms with Gasteiger partial charge in [-0.1, -0.05) is 30.3 Å². The average molecular weight is 402 g/mol. The molecule has 2 aromatic carbocycles. The van der Waals surface area contributed by atoms with Gasteiger partial charge in [0.1, 0.15) is 28.6 Å². The summed E-state index contributed by atoms with van der Waals surface area (Å²) < 4.78 is 34.0. The van der Waals surface area contributed by atoms with Crippen LogP contribution in [0.5, 0.6) is 11.5 Å². The number of rotatable bonds is 6. The number of methoxy groups -OCH3 is 1. The molecule has 0 unspecified atom stereocenters. The van der Waals surface area contributed by atoms with E-state index in [0.29, 0.717) is 31.1 Å². The molecule has 1 heterocycles. The molecule has 3 rings (SSSR count). The zero-order valence-corrected chi connectivity index (χ0v) is 17.6. The zero-order valence-electron chi connectivity index (χ0n) is 16.8. The predicted molar refractivity (Wildman–Crippen MR) is 113 cm³/mol. The Morgan fingerprint density at radius 1 is 1.18 bits per heavy atom. The second kappa shape index (κ2) is 8.88. The van der Waals surface area contributed by atoms with Crippen LogP contribution in [0.15, 0.2) is 52.9 Å². The Bertz CT molecular complexity index is 859. The first kappa shape index (κ1) is 20.6. The Morgan fingerprint density at radius 3 is 2.61 bits per heavy atom. The van der Waals surface area contributed by atoms with Crippen molar-refractivity contribution in [2.24, 2.45) is 4.40 Å². The van der Waals surface area contributed by atoms with Gasteiger partial charge in [0.05, 0.1) is 30.8 Å². The van der Waals surface area contributed by atoms with E-state index in [-0.39, 0.29) is 6.10 Å². The minimum Gasteiger partial charge on any atom is -0.497 e. The fraction of sp³-hybridized carbons (Fsp3) is 0.409. The summed E-state index contributed by atoms with van der Waals surface area (Å²) >= 11 is 0. The largest absolute Gasteiger partial charge is 0.497 e. The van der Waals surface area contributed by atoms with E-state index in [1.54, 1.807) is 7.11 Å². The number of ether oxygens (including phenoxy) is 3. The first-order valence-corrected chi connectivity index (χ1v) is 10.4. The molecule has 0 fully saturated rings. The number of nitrogens with zero attached hydrogens (tertiary/aromatic N) is 1. The highest BCUT2D eigenvalue weighted by atomic mass is 32.2. The van der Waals surface area contributed by atoms with Crippen LogP contribution in [-0.4, -0.2) is 34.5 Å². The summed E-state index contributed by atoms with van der Waals surface area (Å²) in [4.78, 5) is 0. The smallest absolute Gasteiger partial charge is 0.145 e. The summed E-state index contributed by atoms with van der Waals surface area (Å²) in [5.41, 5.74) is 2.76. The zero-order chi connectivity index (χ0) is 20.1. The highest BCUT2D eigenvalue weighted by Gasteiger charge is 2.28. The molecule has 28 heavy (non-hydrogen) atoms. The van der Waals surface area contributed by atoms with E-state index >= 15 is 0 Å². The first-order valence-electron chi connectivity index (χ1n) is 9.33. The summed E-state index contributed by atoms with van der Waals surface area (Å²) in [6.45, 7) is 6.70. The van der Waals surface area contributed by atoms with Crippen molar-refractivity contribution in [1.82, 2.24) is 0 Å². The Balaban J connectivity index is 1.78. The van der Waals surface area contributed by atoms with Gasteiger partial charge in [0, 0.05) is 18.1 Å². The van der Waals surface area contributed by atoms with Gasteiger partial charge in [0.25, 0.3) is 0 Å². The van der Waals surface area contributed by atoms with Crippen LogP contribution in [0.2, 0.25) is 0 Å². The lowest BCUT2D eigenvalue weighted by Crippen LogP contribution is -2.32. The third kappa shape index (κ3) is 5.20. The highest BCUT2D eigenvalue weighted by molar-refractivity contribution is 7.85. The predicted octanol–water partition coefficient (Wildman–Crippen LogP) is 4.31. The van der Waals surface area contributed by atoms with Crippen LogP contribution in [0.25, 0.3) is 0 Å². The molecule has 2 aromatic rings. The maximum Gasteiger partial charge on any atom is 0.145 e. The third-order valence-electron chi connectivity index (χ3n) is 4.35. The Morgan fingerprint density at radius 2 is 1.93 bits per heavy atom. The van der Waals surface area contributed by atoms with Gasteiger partial charge in [-0.05, 0) is 38.5 Å². The van der Waals surface area contributed by atoms with E-state index in [2.05, 4.69) is 4.40 Å². The maximum absolute atomic E-state index is 12.6. The van der Waals surface area contributed by atoms with Gasteiger partial charge in [-0.15, -0.1) is 0 Å². The van der Waals surface area contributed by atoms with Crippen molar-refractivity contribution < 1.29 is 18.4 Å². The maximum atomic E-state index is 12.6. The number of benzene rings is 2. The Kier molecular flexibility index (Phi) is 6.52. The van der Waals surface area contributed by atoms with Gasteiger partial charge in [-0.2, -0.15) is 4.40 Å². The van der Waals surface area contributed by atoms with Crippen molar-refractivity contribution in [1.29, 1.82) is 0 Å². The summed E-state index contributed by atoms with van der Waals surface area (Å²) in [7, 11) is 0.280. The van der Waals surface area contributed by atoms with Gasteiger partial charge < -0.3 is 14.2 Å². The van der Waals surface area contributed by atoms with Crippen LogP contribution >= 0.6 is 0 Å². The quantitative estimate of drug-likeness (QED) is 0.724. The first-order chi connectivity index (χ1) is 13.4. The van der Waals surface area contributed by atoms with E-state index < -0.39 is 15.7 Å². The summed E-state index contributed by atoms with van der Waals surface area (Å²) in [5.74, 6) is 1.39. The molecule has 5 nitrogen and oxygen atoms in total. The second-order valence-electron chi connectivity index (χ2n) is 7.71. The van der Waals surface area contributed by atoms with Crippen LogP contribution in [0, 0.1) is 0 Å². The lowest BCUT2D eigenvalue weighted by Gasteiger charge is -2.28. The van der Waals surface area contributed by atoms with Crippen molar-refractivity contribution in [3.63, 3.8) is 0 Å². The van der Waals surface area contributed by atoms with Gasteiger partial charge in [0.15, 0.2) is 0 Å². The molecular weight excluding hydrogens is 374 g/mol. The molecule has 1 aliphatic rings. The van der Waals surface area contributed by atoms with E-state index in [0.717, 1.165) is 16.8 Å². The third-order valence-corrected chi connectivity index (χ3v) is 5.78. The molecule has 0 aromatic heterocycles. The molecule has 0 radical (unpaired) electrons. The average Bonchev–Trinajstić information content (AvgIpc) is 2.67. The molecule has 1 aliphatic heterocycles. The van der Waals surface area contributed by atoms with Gasteiger partial charge in [-0.25, -0.2) is 4.21 Å². The normalized spacial score (nSPS) is 19.0. The topological polar surface area (TPSA) is 57.1 Å². The lowest BCUT2D eigenvalue weighted by molar-refractivity contribution is 0.0420. The van der Waals surface area contributed by atoms with Crippen LogP contribution in [0.1, 0.15) is 38.3 Å². The monoisotopic (exact) mass is 401 g/mol. The molecule has 150 valence electrons. The summed E-state index contributed by atoms with van der Waals surface area (Å²) in [5, 5.41) is 0. The van der Waals surface area contributed by atoms with E-state index in [1.165, 1.54) is 0 Å². The molecule has 0 saturated heterocycles. The number of fused-ring (bicyclic) bond motifs is 1. The van der Waals surface area contributed by atoms with Crippen LogP contribution in [0.3, 0.4) is 0 Å². The Labute approximate surface area is 169 Å². The van der Waals surface area contributed by atoms with Gasteiger partial charge in [0.2, 0.25) is 0 Å². The fourth-order valence-electron chi connectivity index (χ4n) is 2.81. The summed E-state index contributed by atoms with van der Waals surface area (Å²) in [6.07, 6.45) is 0.356. The van der Waals surface area contributed by atoms with Gasteiger partial charge in [-0.3, -0.25) is 0 Å². The van der Waals surface area contributed by atoms with Crippen LogP contribution < -0.4 is 9.47 Å². The molecule has 0 spiro atoms. The van der Waals surface area contributed by atoms with Crippen molar-refractivity contribution in [2.45, 2.75) is 44.6 Å². The van der Waals surface area contributed by atoms with E-state index in [1.807, 2.05) is 69.3 Å². The van der Waals surface area contributed by atoms with Crippen molar-refractivity contribution in [3.8, 4) is 11.5 Å². The van der Waals surface area contributed by atoms with Crippen molar-refractivity contribution >= 4 is 16.7 Å². The minimum atomic E-state index is -1.34. The molecule has 0 aliphatic carbocycles. The second-order valence-corrected chi connectivity index (χ2v) is 9.61. The molecule has 0 N–H and O–H groups in total.